The van der Waals surface area contributed by atoms with Crippen LogP contribution in [0, 0.1) is 12.7 Å². The fourth-order valence-corrected chi connectivity index (χ4v) is 4.36. The Hall–Kier alpha value is -3.95. The number of rotatable bonds is 5. The number of nitrogens with zero attached hydrogens (tertiary/aromatic N) is 2. The fraction of sp³-hybridized carbons (Fsp3) is 0.360. The first kappa shape index (κ1) is 25.7. The summed E-state index contributed by atoms with van der Waals surface area (Å²) in [7, 11) is 0. The van der Waals surface area contributed by atoms with Crippen molar-refractivity contribution in [3.05, 3.63) is 70.6 Å². The average Bonchev–Trinajstić information content (AvgIpc) is 3.15. The van der Waals surface area contributed by atoms with Crippen LogP contribution < -0.4 is 21.5 Å². The standard InChI is InChI=1S/C23H26FN5O4.C2H6/c1-12-6-19(27-9-15(12)22(31)32)33-13-8-23(2)11-28-21(26)18(29(23)10-13)7-17(25)14-4-3-5-16(24)20(14)30;1-2/h3-7,9,13,28,30H,8,10-11,25-26H2,1-2H3,(H,31,32);1-2H3/b17-7-;. The van der Waals surface area contributed by atoms with Crippen molar-refractivity contribution in [3.8, 4) is 11.6 Å². The Morgan fingerprint density at radius 1 is 1.37 bits per heavy atom. The van der Waals surface area contributed by atoms with Crippen LogP contribution in [-0.4, -0.2) is 50.8 Å². The highest BCUT2D eigenvalue weighted by molar-refractivity contribution is 5.88. The summed E-state index contributed by atoms with van der Waals surface area (Å²) in [6.45, 7) is 8.81. The number of allylic oxidation sites excluding steroid dienone is 1. The van der Waals surface area contributed by atoms with E-state index < -0.39 is 17.5 Å². The molecule has 188 valence electrons. The number of carboxylic acid groups (broad SMARTS) is 1. The number of phenolic OH excluding ortho intramolecular Hbond substituents is 1. The number of nitrogens with one attached hydrogen (secondary N) is 1. The SMILES string of the molecule is CC.Cc1cc(OC2CN3C(/C=C(\N)c4cccc(F)c4O)=C(N)NCC3(C)C2)ncc1C(=O)O. The highest BCUT2D eigenvalue weighted by atomic mass is 19.1. The highest BCUT2D eigenvalue weighted by Crippen LogP contribution is 2.38. The zero-order valence-corrected chi connectivity index (χ0v) is 20.3. The van der Waals surface area contributed by atoms with Crippen LogP contribution in [-0.2, 0) is 0 Å². The lowest BCUT2D eigenvalue weighted by Gasteiger charge is -2.42. The van der Waals surface area contributed by atoms with Crippen molar-refractivity contribution in [3.63, 3.8) is 0 Å². The van der Waals surface area contributed by atoms with Crippen molar-refractivity contribution in [2.75, 3.05) is 13.1 Å². The molecule has 0 spiro atoms. The van der Waals surface area contributed by atoms with E-state index in [4.69, 9.17) is 16.2 Å². The van der Waals surface area contributed by atoms with Gasteiger partial charge < -0.3 is 36.6 Å². The predicted molar refractivity (Wildman–Crippen MR) is 131 cm³/mol. The van der Waals surface area contributed by atoms with E-state index in [0.29, 0.717) is 42.5 Å². The molecule has 3 heterocycles. The summed E-state index contributed by atoms with van der Waals surface area (Å²) in [6, 6.07) is 5.76. The average molecular weight is 486 g/mol. The van der Waals surface area contributed by atoms with E-state index in [9.17, 15) is 19.4 Å². The third-order valence-corrected chi connectivity index (χ3v) is 6.13. The van der Waals surface area contributed by atoms with Gasteiger partial charge in [0.15, 0.2) is 11.6 Å². The smallest absolute Gasteiger partial charge is 0.337 e. The maximum atomic E-state index is 13.8. The van der Waals surface area contributed by atoms with Crippen molar-refractivity contribution >= 4 is 11.7 Å². The maximum Gasteiger partial charge on any atom is 0.337 e. The number of aromatic carboxylic acids is 1. The Morgan fingerprint density at radius 3 is 2.74 bits per heavy atom. The molecule has 2 atom stereocenters. The van der Waals surface area contributed by atoms with Crippen LogP contribution in [0.15, 0.2) is 48.1 Å². The molecule has 0 aliphatic carbocycles. The number of para-hydroxylation sites is 1. The first-order chi connectivity index (χ1) is 16.6. The van der Waals surface area contributed by atoms with Gasteiger partial charge in [-0.3, -0.25) is 0 Å². The molecular formula is C25H32FN5O4. The number of nitrogens with two attached hydrogens (primary N) is 2. The van der Waals surface area contributed by atoms with Gasteiger partial charge in [-0.05, 0) is 37.6 Å². The lowest BCUT2D eigenvalue weighted by molar-refractivity contribution is 0.0695. The normalized spacial score (nSPS) is 21.6. The van der Waals surface area contributed by atoms with Gasteiger partial charge in [-0.25, -0.2) is 14.2 Å². The van der Waals surface area contributed by atoms with Crippen LogP contribution in [0.3, 0.4) is 0 Å². The summed E-state index contributed by atoms with van der Waals surface area (Å²) < 4.78 is 19.9. The number of aryl methyl sites for hydroxylation is 1. The number of carbonyl (C=O) groups is 1. The highest BCUT2D eigenvalue weighted by Gasteiger charge is 2.46. The first-order valence-corrected chi connectivity index (χ1v) is 11.4. The molecule has 0 radical (unpaired) electrons. The third-order valence-electron chi connectivity index (χ3n) is 6.13. The van der Waals surface area contributed by atoms with Gasteiger partial charge in [0.2, 0.25) is 5.88 Å². The lowest BCUT2D eigenvalue weighted by atomic mass is 9.95. The Bertz CT molecular complexity index is 1180. The van der Waals surface area contributed by atoms with Crippen LogP contribution in [0.25, 0.3) is 5.70 Å². The minimum absolute atomic E-state index is 0.126. The second-order valence-corrected chi connectivity index (χ2v) is 8.58. The molecule has 2 aliphatic heterocycles. The van der Waals surface area contributed by atoms with Crippen LogP contribution in [0.5, 0.6) is 11.6 Å². The van der Waals surface area contributed by atoms with Crippen LogP contribution >= 0.6 is 0 Å². The molecule has 1 saturated heterocycles. The third kappa shape index (κ3) is 5.11. The van der Waals surface area contributed by atoms with Gasteiger partial charge in [-0.15, -0.1) is 0 Å². The van der Waals surface area contributed by atoms with Gasteiger partial charge in [0.25, 0.3) is 0 Å². The fourth-order valence-electron chi connectivity index (χ4n) is 4.36. The number of fused-ring (bicyclic) bond motifs is 1. The van der Waals surface area contributed by atoms with E-state index >= 15 is 0 Å². The van der Waals surface area contributed by atoms with Gasteiger partial charge in [0, 0.05) is 36.5 Å². The molecule has 0 bridgehead atoms. The predicted octanol–water partition coefficient (Wildman–Crippen LogP) is 2.90. The molecule has 0 amide bonds. The molecule has 10 heteroatoms. The molecule has 4 rings (SSSR count). The van der Waals surface area contributed by atoms with Crippen molar-refractivity contribution < 1.29 is 24.1 Å². The number of ether oxygens (including phenoxy) is 1. The van der Waals surface area contributed by atoms with Crippen molar-refractivity contribution in [1.29, 1.82) is 0 Å². The second kappa shape index (κ2) is 10.1. The van der Waals surface area contributed by atoms with Gasteiger partial charge in [-0.2, -0.15) is 0 Å². The van der Waals surface area contributed by atoms with Crippen LogP contribution in [0.2, 0.25) is 0 Å². The van der Waals surface area contributed by atoms with E-state index in [1.54, 1.807) is 19.1 Å². The molecule has 2 unspecified atom stereocenters. The number of aromatic hydroxyl groups is 1. The topological polar surface area (TPSA) is 147 Å². The maximum absolute atomic E-state index is 13.8. The van der Waals surface area contributed by atoms with E-state index in [0.717, 1.165) is 6.07 Å². The van der Waals surface area contributed by atoms with Crippen LogP contribution in [0.1, 0.15) is 48.7 Å². The molecule has 9 nitrogen and oxygen atoms in total. The molecule has 2 aliphatic rings. The lowest BCUT2D eigenvalue weighted by Crippen LogP contribution is -2.53. The Balaban J connectivity index is 0.00000167. The number of carboxylic acids is 1. The quantitative estimate of drug-likeness (QED) is 0.431. The van der Waals surface area contributed by atoms with Gasteiger partial charge in [0.1, 0.15) is 11.9 Å². The number of phenols is 1. The molecule has 1 aromatic heterocycles. The first-order valence-electron chi connectivity index (χ1n) is 11.4. The molecule has 35 heavy (non-hydrogen) atoms. The Morgan fingerprint density at radius 2 is 2.09 bits per heavy atom. The summed E-state index contributed by atoms with van der Waals surface area (Å²) in [6.07, 6.45) is 3.31. The number of halogens is 1. The monoisotopic (exact) mass is 485 g/mol. The Kier molecular flexibility index (Phi) is 7.42. The van der Waals surface area contributed by atoms with Crippen molar-refractivity contribution in [1.82, 2.24) is 15.2 Å². The minimum atomic E-state index is -1.04. The number of aromatic nitrogens is 1. The summed E-state index contributed by atoms with van der Waals surface area (Å²) in [4.78, 5) is 17.4. The number of pyridine rings is 1. The van der Waals surface area contributed by atoms with Crippen molar-refractivity contribution in [2.24, 2.45) is 11.5 Å². The zero-order valence-electron chi connectivity index (χ0n) is 20.3. The number of hydrogen-bond donors (Lipinski definition) is 5. The summed E-state index contributed by atoms with van der Waals surface area (Å²) in [5, 5.41) is 22.4. The number of hydrogen-bond acceptors (Lipinski definition) is 8. The summed E-state index contributed by atoms with van der Waals surface area (Å²) >= 11 is 0. The minimum Gasteiger partial charge on any atom is -0.504 e. The number of benzene rings is 1. The van der Waals surface area contributed by atoms with E-state index in [2.05, 4.69) is 22.1 Å². The van der Waals surface area contributed by atoms with Gasteiger partial charge in [-0.1, -0.05) is 19.9 Å². The zero-order chi connectivity index (χ0) is 25.9. The molecule has 2 aromatic rings. The Labute approximate surface area is 203 Å². The summed E-state index contributed by atoms with van der Waals surface area (Å²) in [5.74, 6) is -1.57. The van der Waals surface area contributed by atoms with E-state index in [1.165, 1.54) is 18.3 Å². The summed E-state index contributed by atoms with van der Waals surface area (Å²) in [5.41, 5.74) is 13.7. The van der Waals surface area contributed by atoms with Crippen molar-refractivity contribution in [2.45, 2.75) is 45.8 Å². The molecule has 0 saturated carbocycles. The largest absolute Gasteiger partial charge is 0.504 e. The van der Waals surface area contributed by atoms with E-state index in [1.807, 2.05) is 13.8 Å². The second-order valence-electron chi connectivity index (χ2n) is 8.58. The van der Waals surface area contributed by atoms with Gasteiger partial charge in [0.05, 0.1) is 23.3 Å². The van der Waals surface area contributed by atoms with Gasteiger partial charge >= 0.3 is 5.97 Å². The molecule has 1 fully saturated rings. The molecule has 1 aromatic carbocycles. The molecule has 7 N–H and O–H groups in total. The molecular weight excluding hydrogens is 453 g/mol. The van der Waals surface area contributed by atoms with Crippen LogP contribution in [0.4, 0.5) is 4.39 Å². The van der Waals surface area contributed by atoms with E-state index in [-0.39, 0.29) is 28.5 Å².